The fraction of sp³-hybridized carbons (Fsp3) is 0.462. The Morgan fingerprint density at radius 2 is 0.952 bits per heavy atom. The molecule has 0 aliphatic carbocycles. The van der Waals surface area contributed by atoms with Gasteiger partial charge in [-0.3, -0.25) is 20.2 Å². The quantitative estimate of drug-likeness (QED) is 0.0973. The van der Waals surface area contributed by atoms with E-state index in [4.69, 9.17) is 24.4 Å². The molecule has 2 N–H and O–H groups in total. The lowest BCUT2D eigenvalue weighted by molar-refractivity contribution is -0.385. The van der Waals surface area contributed by atoms with E-state index in [1.807, 2.05) is 37.5 Å². The molecule has 0 aromatic heterocycles. The molecule has 0 saturated heterocycles. The Morgan fingerprint density at radius 1 is 0.667 bits per heavy atom. The van der Waals surface area contributed by atoms with E-state index in [1.54, 1.807) is 24.3 Å². The number of thiocarbonyl (C=S) groups is 2. The molecule has 0 atom stereocenters. The largest absolute Gasteiger partial charge is 0.343 e. The number of hydrogen-bond donors (Lipinski definition) is 2. The molecule has 2 aromatic carbocycles. The third-order valence-electron chi connectivity index (χ3n) is 6.90. The Labute approximate surface area is 257 Å². The summed E-state index contributed by atoms with van der Waals surface area (Å²) in [5.74, 6) is 0. The summed E-state index contributed by atoms with van der Waals surface area (Å²) < 4.78 is 26.4. The lowest BCUT2D eigenvalue weighted by atomic mass is 10.2. The van der Waals surface area contributed by atoms with Gasteiger partial charge in [-0.05, 0) is 35.6 Å². The maximum atomic E-state index is 13.2. The van der Waals surface area contributed by atoms with Gasteiger partial charge < -0.3 is 29.1 Å². The molecule has 230 valence electrons. The van der Waals surface area contributed by atoms with E-state index in [0.29, 0.717) is 37.7 Å². The van der Waals surface area contributed by atoms with E-state index in [-0.39, 0.29) is 34.7 Å². The SMILES string of the molecule is CCP(=O)(CC)NC(=S)N(CCN(Cc1ccc([N+](=O)[O-])cc1)C(=S)NP(=O)(CC)CC)Cc1ccc([N+](=O)[O-])cc1. The zero-order valence-corrected chi connectivity index (χ0v) is 27.6. The number of nitrogens with zero attached hydrogens (tertiary/aromatic N) is 4. The Bertz CT molecular complexity index is 1240. The first-order valence-corrected chi connectivity index (χ1v) is 18.5. The number of nitro groups is 2. The third kappa shape index (κ3) is 10.4. The van der Waals surface area contributed by atoms with Crippen molar-refractivity contribution in [3.05, 3.63) is 79.9 Å². The minimum atomic E-state index is -2.75. The highest BCUT2D eigenvalue weighted by Gasteiger charge is 2.25. The topological polar surface area (TPSA) is 151 Å². The van der Waals surface area contributed by atoms with Crippen molar-refractivity contribution < 1.29 is 19.0 Å². The second-order valence-electron chi connectivity index (χ2n) is 9.57. The van der Waals surface area contributed by atoms with Gasteiger partial charge in [0.1, 0.15) is 0 Å². The summed E-state index contributed by atoms with van der Waals surface area (Å²) in [5.41, 5.74) is 1.46. The van der Waals surface area contributed by atoms with E-state index >= 15 is 0 Å². The molecule has 0 fully saturated rings. The highest BCUT2D eigenvalue weighted by molar-refractivity contribution is 7.81. The predicted molar refractivity (Wildman–Crippen MR) is 176 cm³/mol. The van der Waals surface area contributed by atoms with Crippen LogP contribution in [0.3, 0.4) is 0 Å². The molecule has 42 heavy (non-hydrogen) atoms. The molecule has 2 aromatic rings. The van der Waals surface area contributed by atoms with Gasteiger partial charge in [0.05, 0.1) is 9.85 Å². The van der Waals surface area contributed by atoms with Gasteiger partial charge in [0.2, 0.25) is 0 Å². The van der Waals surface area contributed by atoms with Crippen LogP contribution < -0.4 is 10.2 Å². The third-order valence-corrected chi connectivity index (χ3v) is 13.2. The van der Waals surface area contributed by atoms with Crippen LogP contribution in [0.4, 0.5) is 11.4 Å². The zero-order valence-electron chi connectivity index (χ0n) is 24.2. The maximum Gasteiger partial charge on any atom is 0.269 e. The molecular formula is C26H38N6O6P2S2. The molecular weight excluding hydrogens is 618 g/mol. The Kier molecular flexibility index (Phi) is 13.5. The Hall–Kier alpha value is -2.92. The smallest absolute Gasteiger partial charge is 0.269 e. The van der Waals surface area contributed by atoms with Crippen LogP contribution in [0.25, 0.3) is 0 Å². The van der Waals surface area contributed by atoms with Crippen LogP contribution in [-0.4, -0.2) is 67.6 Å². The highest BCUT2D eigenvalue weighted by atomic mass is 32.1. The summed E-state index contributed by atoms with van der Waals surface area (Å²) in [4.78, 5) is 24.9. The normalized spacial score (nSPS) is 11.4. The molecule has 0 heterocycles. The molecule has 0 unspecified atom stereocenters. The standard InChI is InChI=1S/C26H38N6O6P2S2/c1-5-39(37,6-2)27-25(41)29(19-21-9-13-23(14-10-21)31(33)34)17-18-30(26(42)28-40(38,7-3)8-4)20-22-11-15-24(16-12-22)32(35)36/h9-16H,5-8,17-20H2,1-4H3,(H,27,37,41)(H,28,38,42). The van der Waals surface area contributed by atoms with Gasteiger partial charge in [-0.2, -0.15) is 0 Å². The predicted octanol–water partition coefficient (Wildman–Crippen LogP) is 6.19. The second-order valence-corrected chi connectivity index (χ2v) is 16.9. The molecule has 0 spiro atoms. The lowest BCUT2D eigenvalue weighted by Gasteiger charge is -2.33. The van der Waals surface area contributed by atoms with Crippen molar-refractivity contribution in [1.29, 1.82) is 0 Å². The van der Waals surface area contributed by atoms with Gasteiger partial charge in [-0.15, -0.1) is 0 Å². The van der Waals surface area contributed by atoms with Crippen LogP contribution in [0.5, 0.6) is 0 Å². The van der Waals surface area contributed by atoms with Crippen LogP contribution in [0.2, 0.25) is 0 Å². The average molecular weight is 657 g/mol. The van der Waals surface area contributed by atoms with Crippen molar-refractivity contribution in [2.45, 2.75) is 40.8 Å². The molecule has 2 rings (SSSR count). The fourth-order valence-electron chi connectivity index (χ4n) is 3.89. The van der Waals surface area contributed by atoms with Crippen molar-refractivity contribution >= 4 is 60.6 Å². The van der Waals surface area contributed by atoms with Crippen LogP contribution in [0, 0.1) is 20.2 Å². The molecule has 12 nitrogen and oxygen atoms in total. The number of hydrogen-bond acceptors (Lipinski definition) is 8. The van der Waals surface area contributed by atoms with Crippen LogP contribution in [-0.2, 0) is 22.2 Å². The Balaban J connectivity index is 2.37. The average Bonchev–Trinajstić information content (AvgIpc) is 2.98. The lowest BCUT2D eigenvalue weighted by Crippen LogP contribution is -2.46. The molecule has 0 aliphatic rings. The first-order chi connectivity index (χ1) is 19.8. The van der Waals surface area contributed by atoms with Crippen LogP contribution in [0.15, 0.2) is 48.5 Å². The summed E-state index contributed by atoms with van der Waals surface area (Å²) >= 11 is 11.4. The number of non-ortho nitro benzene ring substituents is 2. The van der Waals surface area contributed by atoms with E-state index in [9.17, 15) is 29.4 Å². The van der Waals surface area contributed by atoms with Crippen molar-refractivity contribution in [1.82, 2.24) is 20.0 Å². The molecule has 16 heteroatoms. The van der Waals surface area contributed by atoms with Crippen molar-refractivity contribution in [2.24, 2.45) is 0 Å². The van der Waals surface area contributed by atoms with Gasteiger partial charge in [0.15, 0.2) is 24.8 Å². The van der Waals surface area contributed by atoms with Crippen LogP contribution >= 0.6 is 39.0 Å². The molecule has 0 saturated carbocycles. The number of rotatable bonds is 15. The monoisotopic (exact) mass is 656 g/mol. The zero-order chi connectivity index (χ0) is 31.5. The van der Waals surface area contributed by atoms with E-state index in [2.05, 4.69) is 10.2 Å². The fourth-order valence-corrected chi connectivity index (χ4v) is 7.70. The van der Waals surface area contributed by atoms with Gasteiger partial charge >= 0.3 is 0 Å². The summed E-state index contributed by atoms with van der Waals surface area (Å²) in [6, 6.07) is 12.2. The molecule has 0 aliphatic heterocycles. The summed E-state index contributed by atoms with van der Waals surface area (Å²) in [6.07, 6.45) is 1.66. The highest BCUT2D eigenvalue weighted by Crippen LogP contribution is 2.40. The molecule has 0 radical (unpaired) electrons. The summed E-state index contributed by atoms with van der Waals surface area (Å²) in [6.45, 7) is 8.51. The van der Waals surface area contributed by atoms with Gasteiger partial charge in [0.25, 0.3) is 11.4 Å². The Morgan fingerprint density at radius 3 is 1.19 bits per heavy atom. The maximum absolute atomic E-state index is 13.2. The van der Waals surface area contributed by atoms with Crippen molar-refractivity contribution in [3.63, 3.8) is 0 Å². The molecule has 0 bridgehead atoms. The minimum Gasteiger partial charge on any atom is -0.343 e. The van der Waals surface area contributed by atoms with E-state index in [1.165, 1.54) is 24.3 Å². The van der Waals surface area contributed by atoms with E-state index in [0.717, 1.165) is 11.1 Å². The second kappa shape index (κ2) is 16.1. The number of nitrogens with one attached hydrogen (secondary N) is 2. The van der Waals surface area contributed by atoms with Crippen molar-refractivity contribution in [3.8, 4) is 0 Å². The molecule has 0 amide bonds. The van der Waals surface area contributed by atoms with Crippen LogP contribution in [0.1, 0.15) is 38.8 Å². The first-order valence-electron chi connectivity index (χ1n) is 13.6. The number of nitro benzene ring substituents is 2. The van der Waals surface area contributed by atoms with Gasteiger partial charge in [-0.1, -0.05) is 52.0 Å². The summed E-state index contributed by atoms with van der Waals surface area (Å²) in [5, 5.41) is 28.9. The number of benzene rings is 2. The minimum absolute atomic E-state index is 0.0329. The van der Waals surface area contributed by atoms with Crippen molar-refractivity contribution in [2.75, 3.05) is 37.7 Å². The van der Waals surface area contributed by atoms with E-state index < -0.39 is 24.4 Å². The van der Waals surface area contributed by atoms with Gasteiger partial charge in [-0.25, -0.2) is 0 Å². The van der Waals surface area contributed by atoms with Gasteiger partial charge in [0, 0.05) is 75.1 Å². The summed E-state index contributed by atoms with van der Waals surface area (Å²) in [7, 11) is -5.51. The first kappa shape index (κ1) is 35.3.